The van der Waals surface area contributed by atoms with E-state index >= 15 is 0 Å². The van der Waals surface area contributed by atoms with E-state index in [1.807, 2.05) is 11.7 Å². The molecule has 0 saturated carbocycles. The monoisotopic (exact) mass is 299 g/mol. The molecule has 5 heteroatoms. The molecular formula is C14H25N3S2. The highest BCUT2D eigenvalue weighted by Gasteiger charge is 2.33. The Morgan fingerprint density at radius 2 is 2.21 bits per heavy atom. The first-order valence-corrected chi connectivity index (χ1v) is 9.32. The molecule has 0 bridgehead atoms. The minimum Gasteiger partial charge on any atom is -0.308 e. The van der Waals surface area contributed by atoms with Crippen molar-refractivity contribution in [2.24, 2.45) is 7.05 Å². The van der Waals surface area contributed by atoms with Crippen LogP contribution in [0.2, 0.25) is 0 Å². The molecule has 2 heterocycles. The van der Waals surface area contributed by atoms with Crippen LogP contribution in [-0.2, 0) is 7.05 Å². The Balaban J connectivity index is 2.15. The number of aryl methyl sites for hydroxylation is 1. The van der Waals surface area contributed by atoms with Crippen molar-refractivity contribution in [2.75, 3.05) is 18.1 Å². The smallest absolute Gasteiger partial charge is 0.0805 e. The average Bonchev–Trinajstić information content (AvgIpc) is 2.86. The fourth-order valence-corrected chi connectivity index (χ4v) is 5.77. The van der Waals surface area contributed by atoms with Gasteiger partial charge in [-0.25, -0.2) is 0 Å². The van der Waals surface area contributed by atoms with Gasteiger partial charge in [-0.15, -0.1) is 0 Å². The number of nitrogens with one attached hydrogen (secondary N) is 1. The molecule has 1 saturated heterocycles. The summed E-state index contributed by atoms with van der Waals surface area (Å²) >= 11 is 4.27. The third-order valence-corrected chi connectivity index (χ3v) is 6.84. The van der Waals surface area contributed by atoms with Crippen LogP contribution in [-0.4, -0.2) is 38.3 Å². The molecule has 1 aromatic heterocycles. The highest BCUT2D eigenvalue weighted by Crippen LogP contribution is 2.39. The highest BCUT2D eigenvalue weighted by atomic mass is 32.2. The second-order valence-corrected chi connectivity index (χ2v) is 7.63. The number of aromatic nitrogens is 2. The molecule has 1 aromatic rings. The van der Waals surface area contributed by atoms with Gasteiger partial charge in [0.2, 0.25) is 0 Å². The van der Waals surface area contributed by atoms with Crippen molar-refractivity contribution in [3.05, 3.63) is 18.0 Å². The quantitative estimate of drug-likeness (QED) is 0.874. The van der Waals surface area contributed by atoms with E-state index in [1.54, 1.807) is 0 Å². The van der Waals surface area contributed by atoms with E-state index < -0.39 is 0 Å². The molecule has 3 atom stereocenters. The van der Waals surface area contributed by atoms with Gasteiger partial charge in [-0.1, -0.05) is 13.8 Å². The molecule has 3 nitrogen and oxygen atoms in total. The molecule has 1 aliphatic heterocycles. The predicted octanol–water partition coefficient (Wildman–Crippen LogP) is 3.09. The van der Waals surface area contributed by atoms with Gasteiger partial charge in [0, 0.05) is 35.3 Å². The fraction of sp³-hybridized carbons (Fsp3) is 0.786. The first-order valence-electron chi connectivity index (χ1n) is 7.22. The fourth-order valence-electron chi connectivity index (χ4n) is 2.53. The van der Waals surface area contributed by atoms with E-state index in [1.165, 1.54) is 30.0 Å². The van der Waals surface area contributed by atoms with Crippen LogP contribution in [0.5, 0.6) is 0 Å². The van der Waals surface area contributed by atoms with Crippen LogP contribution in [0.15, 0.2) is 12.3 Å². The maximum Gasteiger partial charge on any atom is 0.0805 e. The topological polar surface area (TPSA) is 29.9 Å². The van der Waals surface area contributed by atoms with E-state index in [0.29, 0.717) is 11.3 Å². The molecule has 1 aliphatic rings. The zero-order valence-electron chi connectivity index (χ0n) is 12.1. The van der Waals surface area contributed by atoms with Gasteiger partial charge in [0.15, 0.2) is 0 Å². The normalized spacial score (nSPS) is 25.4. The molecule has 19 heavy (non-hydrogen) atoms. The lowest BCUT2D eigenvalue weighted by atomic mass is 10.1. The Labute approximate surface area is 125 Å². The van der Waals surface area contributed by atoms with Crippen molar-refractivity contribution in [1.29, 1.82) is 0 Å². The summed E-state index contributed by atoms with van der Waals surface area (Å²) in [5.41, 5.74) is 1.20. The van der Waals surface area contributed by atoms with Gasteiger partial charge in [0.05, 0.1) is 11.7 Å². The summed E-state index contributed by atoms with van der Waals surface area (Å²) in [5.74, 6) is 2.56. The van der Waals surface area contributed by atoms with Gasteiger partial charge < -0.3 is 5.32 Å². The maximum absolute atomic E-state index is 4.64. The van der Waals surface area contributed by atoms with Crippen LogP contribution in [0.3, 0.4) is 0 Å². The van der Waals surface area contributed by atoms with E-state index in [4.69, 9.17) is 0 Å². The third-order valence-electron chi connectivity index (χ3n) is 3.49. The zero-order valence-corrected chi connectivity index (χ0v) is 13.8. The number of hydrogen-bond acceptors (Lipinski definition) is 4. The van der Waals surface area contributed by atoms with Crippen LogP contribution in [0.4, 0.5) is 0 Å². The van der Waals surface area contributed by atoms with Crippen LogP contribution >= 0.6 is 23.5 Å². The number of hydrogen-bond donors (Lipinski definition) is 1. The Morgan fingerprint density at radius 1 is 1.42 bits per heavy atom. The van der Waals surface area contributed by atoms with Crippen molar-refractivity contribution in [2.45, 2.75) is 43.2 Å². The maximum atomic E-state index is 4.64. The molecule has 3 unspecified atom stereocenters. The summed E-state index contributed by atoms with van der Waals surface area (Å²) in [7, 11) is 2.00. The van der Waals surface area contributed by atoms with E-state index in [0.717, 1.165) is 11.8 Å². The lowest BCUT2D eigenvalue weighted by Crippen LogP contribution is -2.39. The molecular weight excluding hydrogens is 274 g/mol. The van der Waals surface area contributed by atoms with Gasteiger partial charge in [0.1, 0.15) is 0 Å². The van der Waals surface area contributed by atoms with Gasteiger partial charge in [-0.05, 0) is 25.5 Å². The summed E-state index contributed by atoms with van der Waals surface area (Å²) < 4.78 is 1.91. The minimum absolute atomic E-state index is 0.392. The Bertz CT molecular complexity index is 381. The second kappa shape index (κ2) is 7.60. The largest absolute Gasteiger partial charge is 0.308 e. The second-order valence-electron chi connectivity index (χ2n) is 5.00. The number of nitrogens with zero attached hydrogens (tertiary/aromatic N) is 2. The van der Waals surface area contributed by atoms with Crippen molar-refractivity contribution >= 4 is 23.5 Å². The Hall–Kier alpha value is -0.130. The molecule has 0 amide bonds. The predicted molar refractivity (Wildman–Crippen MR) is 87.0 cm³/mol. The van der Waals surface area contributed by atoms with Crippen LogP contribution in [0.1, 0.15) is 38.4 Å². The van der Waals surface area contributed by atoms with Crippen LogP contribution in [0, 0.1) is 0 Å². The van der Waals surface area contributed by atoms with Crippen molar-refractivity contribution in [3.63, 3.8) is 0 Å². The van der Waals surface area contributed by atoms with Crippen molar-refractivity contribution in [1.82, 2.24) is 15.1 Å². The zero-order chi connectivity index (χ0) is 13.7. The first-order chi connectivity index (χ1) is 9.26. The summed E-state index contributed by atoms with van der Waals surface area (Å²) in [5, 5.41) is 9.75. The van der Waals surface area contributed by atoms with Gasteiger partial charge in [-0.2, -0.15) is 28.6 Å². The highest BCUT2D eigenvalue weighted by molar-refractivity contribution is 8.07. The summed E-state index contributed by atoms with van der Waals surface area (Å²) in [6, 6.07) is 2.56. The van der Waals surface area contributed by atoms with E-state index in [-0.39, 0.29) is 0 Å². The summed E-state index contributed by atoms with van der Waals surface area (Å²) in [6.45, 7) is 5.60. The standard InChI is InChI=1S/C14H25N3S2/c1-4-7-15-13(11-6-8-17(3)16-11)14-12(5-2)18-9-10-19-14/h6,8,12-15H,4-5,7,9-10H2,1-3H3. The van der Waals surface area contributed by atoms with E-state index in [9.17, 15) is 0 Å². The van der Waals surface area contributed by atoms with Crippen molar-refractivity contribution in [3.8, 4) is 0 Å². The number of rotatable bonds is 6. The molecule has 2 rings (SSSR count). The van der Waals surface area contributed by atoms with Crippen LogP contribution < -0.4 is 5.32 Å². The van der Waals surface area contributed by atoms with Crippen molar-refractivity contribution < 1.29 is 0 Å². The summed E-state index contributed by atoms with van der Waals surface area (Å²) in [4.78, 5) is 0. The molecule has 108 valence electrons. The van der Waals surface area contributed by atoms with Gasteiger partial charge >= 0.3 is 0 Å². The SMILES string of the molecule is CCCNC(c1ccn(C)n1)C1SCCSC1CC. The molecule has 0 aliphatic carbocycles. The average molecular weight is 300 g/mol. The lowest BCUT2D eigenvalue weighted by molar-refractivity contribution is 0.482. The lowest BCUT2D eigenvalue weighted by Gasteiger charge is -2.35. The van der Waals surface area contributed by atoms with Gasteiger partial charge in [-0.3, -0.25) is 4.68 Å². The first kappa shape index (κ1) is 15.3. The van der Waals surface area contributed by atoms with Gasteiger partial charge in [0.25, 0.3) is 0 Å². The Kier molecular flexibility index (Phi) is 6.10. The van der Waals surface area contributed by atoms with Crippen LogP contribution in [0.25, 0.3) is 0 Å². The third kappa shape index (κ3) is 3.92. The summed E-state index contributed by atoms with van der Waals surface area (Å²) in [6.07, 6.45) is 4.47. The minimum atomic E-state index is 0.392. The number of thioether (sulfide) groups is 2. The Morgan fingerprint density at radius 3 is 2.84 bits per heavy atom. The molecule has 1 fully saturated rings. The molecule has 0 radical (unpaired) electrons. The molecule has 0 aromatic carbocycles. The molecule has 0 spiro atoms. The van der Waals surface area contributed by atoms with E-state index in [2.05, 4.69) is 60.0 Å². The molecule has 1 N–H and O–H groups in total.